The number of carboxylic acid groups (broad SMARTS) is 1. The summed E-state index contributed by atoms with van der Waals surface area (Å²) in [5, 5.41) is 11.5. The molecule has 0 saturated carbocycles. The summed E-state index contributed by atoms with van der Waals surface area (Å²) < 4.78 is 5.25. The van der Waals surface area contributed by atoms with Crippen LogP contribution in [-0.4, -0.2) is 41.7 Å². The Morgan fingerprint density at radius 1 is 1.42 bits per heavy atom. The van der Waals surface area contributed by atoms with E-state index in [-0.39, 0.29) is 17.3 Å². The molecule has 1 amide bonds. The summed E-state index contributed by atoms with van der Waals surface area (Å²) in [5.74, 6) is -0.988. The highest BCUT2D eigenvalue weighted by molar-refractivity contribution is 5.94. The van der Waals surface area contributed by atoms with E-state index in [2.05, 4.69) is 10.3 Å². The number of nitrogens with one attached hydrogen (secondary N) is 1. The molecule has 0 aliphatic carbocycles. The molecule has 1 saturated heterocycles. The van der Waals surface area contributed by atoms with Crippen molar-refractivity contribution in [2.75, 3.05) is 19.8 Å². The van der Waals surface area contributed by atoms with E-state index < -0.39 is 5.97 Å². The molecule has 19 heavy (non-hydrogen) atoms. The SMILES string of the molecule is O=C(O)c1cccc(C(=O)NCCC2CCOC2)n1. The van der Waals surface area contributed by atoms with Crippen molar-refractivity contribution in [3.05, 3.63) is 29.6 Å². The van der Waals surface area contributed by atoms with Gasteiger partial charge >= 0.3 is 5.97 Å². The molecule has 0 bridgehead atoms. The van der Waals surface area contributed by atoms with Gasteiger partial charge in [0.05, 0.1) is 0 Å². The van der Waals surface area contributed by atoms with Gasteiger partial charge in [-0.25, -0.2) is 9.78 Å². The lowest BCUT2D eigenvalue weighted by Crippen LogP contribution is -2.27. The summed E-state index contributed by atoms with van der Waals surface area (Å²) in [6.45, 7) is 2.09. The van der Waals surface area contributed by atoms with Gasteiger partial charge in [0, 0.05) is 19.8 Å². The Kier molecular flexibility index (Phi) is 4.46. The van der Waals surface area contributed by atoms with Gasteiger partial charge in [0.2, 0.25) is 0 Å². The van der Waals surface area contributed by atoms with E-state index in [1.54, 1.807) is 0 Å². The number of aromatic nitrogens is 1. The molecule has 2 rings (SSSR count). The van der Waals surface area contributed by atoms with Crippen molar-refractivity contribution in [1.29, 1.82) is 0 Å². The Hall–Kier alpha value is -1.95. The molecule has 2 N–H and O–H groups in total. The van der Waals surface area contributed by atoms with Gasteiger partial charge in [0.15, 0.2) is 0 Å². The number of ether oxygens (including phenoxy) is 1. The number of pyridine rings is 1. The summed E-state index contributed by atoms with van der Waals surface area (Å²) >= 11 is 0. The molecule has 1 aromatic rings. The predicted octanol–water partition coefficient (Wildman–Crippen LogP) is 0.936. The summed E-state index contributed by atoms with van der Waals surface area (Å²) in [7, 11) is 0. The van der Waals surface area contributed by atoms with Gasteiger partial charge in [-0.3, -0.25) is 4.79 Å². The second-order valence-electron chi connectivity index (χ2n) is 4.49. The molecule has 0 aromatic carbocycles. The monoisotopic (exact) mass is 264 g/mol. The molecular formula is C13H16N2O4. The zero-order valence-corrected chi connectivity index (χ0v) is 10.5. The fourth-order valence-corrected chi connectivity index (χ4v) is 1.97. The van der Waals surface area contributed by atoms with Crippen molar-refractivity contribution in [3.63, 3.8) is 0 Å². The van der Waals surface area contributed by atoms with Gasteiger partial charge in [0.1, 0.15) is 11.4 Å². The standard InChI is InChI=1S/C13H16N2O4/c16-12(14-6-4-9-5-7-19-8-9)10-2-1-3-11(15-10)13(17)18/h1-3,9H,4-8H2,(H,14,16)(H,17,18). The Bertz CT molecular complexity index is 469. The van der Waals surface area contributed by atoms with Gasteiger partial charge < -0.3 is 15.2 Å². The first-order chi connectivity index (χ1) is 9.16. The zero-order valence-electron chi connectivity index (χ0n) is 10.5. The smallest absolute Gasteiger partial charge is 0.354 e. The highest BCUT2D eigenvalue weighted by Crippen LogP contribution is 2.15. The van der Waals surface area contributed by atoms with Crippen LogP contribution in [0.2, 0.25) is 0 Å². The first-order valence-electron chi connectivity index (χ1n) is 6.23. The highest BCUT2D eigenvalue weighted by atomic mass is 16.5. The Morgan fingerprint density at radius 2 is 2.21 bits per heavy atom. The molecule has 1 unspecified atom stereocenters. The molecule has 1 aliphatic heterocycles. The number of amides is 1. The van der Waals surface area contributed by atoms with E-state index in [1.165, 1.54) is 18.2 Å². The third kappa shape index (κ3) is 3.75. The minimum Gasteiger partial charge on any atom is -0.477 e. The Morgan fingerprint density at radius 3 is 2.89 bits per heavy atom. The van der Waals surface area contributed by atoms with Crippen molar-refractivity contribution >= 4 is 11.9 Å². The fourth-order valence-electron chi connectivity index (χ4n) is 1.97. The largest absolute Gasteiger partial charge is 0.477 e. The maximum absolute atomic E-state index is 11.8. The molecule has 1 fully saturated rings. The fraction of sp³-hybridized carbons (Fsp3) is 0.462. The zero-order chi connectivity index (χ0) is 13.7. The minimum absolute atomic E-state index is 0.127. The molecule has 1 aromatic heterocycles. The van der Waals surface area contributed by atoms with E-state index in [4.69, 9.17) is 9.84 Å². The number of hydrogen-bond donors (Lipinski definition) is 2. The van der Waals surface area contributed by atoms with Crippen LogP contribution in [0, 0.1) is 5.92 Å². The summed E-state index contributed by atoms with van der Waals surface area (Å²) in [6.07, 6.45) is 1.90. The summed E-state index contributed by atoms with van der Waals surface area (Å²) in [6, 6.07) is 4.37. The third-order valence-corrected chi connectivity index (χ3v) is 3.06. The molecule has 102 valence electrons. The second-order valence-corrected chi connectivity index (χ2v) is 4.49. The minimum atomic E-state index is -1.14. The van der Waals surface area contributed by atoms with Gasteiger partial charge in [-0.1, -0.05) is 6.07 Å². The van der Waals surface area contributed by atoms with Crippen LogP contribution >= 0.6 is 0 Å². The molecule has 0 radical (unpaired) electrons. The number of hydrogen-bond acceptors (Lipinski definition) is 4. The number of rotatable bonds is 5. The van der Waals surface area contributed by atoms with Gasteiger partial charge in [-0.05, 0) is 30.9 Å². The number of aromatic carboxylic acids is 1. The van der Waals surface area contributed by atoms with E-state index >= 15 is 0 Å². The maximum Gasteiger partial charge on any atom is 0.354 e. The van der Waals surface area contributed by atoms with E-state index in [9.17, 15) is 9.59 Å². The van der Waals surface area contributed by atoms with Gasteiger partial charge in [0.25, 0.3) is 5.91 Å². The van der Waals surface area contributed by atoms with Crippen LogP contribution < -0.4 is 5.32 Å². The van der Waals surface area contributed by atoms with Gasteiger partial charge in [-0.2, -0.15) is 0 Å². The van der Waals surface area contributed by atoms with Crippen LogP contribution in [-0.2, 0) is 4.74 Å². The lowest BCUT2D eigenvalue weighted by atomic mass is 10.1. The van der Waals surface area contributed by atoms with Crippen LogP contribution in [0.5, 0.6) is 0 Å². The van der Waals surface area contributed by atoms with Crippen LogP contribution in [0.3, 0.4) is 0 Å². The molecule has 1 aliphatic rings. The number of carbonyl (C=O) groups excluding carboxylic acids is 1. The number of carbonyl (C=O) groups is 2. The maximum atomic E-state index is 11.8. The average Bonchev–Trinajstić information content (AvgIpc) is 2.92. The van der Waals surface area contributed by atoms with E-state index in [0.29, 0.717) is 12.5 Å². The lowest BCUT2D eigenvalue weighted by molar-refractivity contribution is 0.0690. The van der Waals surface area contributed by atoms with Crippen LogP contribution in [0.1, 0.15) is 33.8 Å². The molecule has 6 heteroatoms. The van der Waals surface area contributed by atoms with Crippen LogP contribution in [0.25, 0.3) is 0 Å². The molecule has 6 nitrogen and oxygen atoms in total. The summed E-state index contributed by atoms with van der Waals surface area (Å²) in [5.41, 5.74) is -0.000542. The number of carboxylic acids is 1. The van der Waals surface area contributed by atoms with Crippen molar-refractivity contribution in [1.82, 2.24) is 10.3 Å². The first kappa shape index (κ1) is 13.5. The van der Waals surface area contributed by atoms with E-state index in [1.807, 2.05) is 0 Å². The van der Waals surface area contributed by atoms with Crippen molar-refractivity contribution in [3.8, 4) is 0 Å². The molecule has 0 spiro atoms. The number of nitrogens with zero attached hydrogens (tertiary/aromatic N) is 1. The first-order valence-corrected chi connectivity index (χ1v) is 6.23. The van der Waals surface area contributed by atoms with Gasteiger partial charge in [-0.15, -0.1) is 0 Å². The van der Waals surface area contributed by atoms with Crippen molar-refractivity contribution < 1.29 is 19.4 Å². The predicted molar refractivity (Wildman–Crippen MR) is 67.1 cm³/mol. The van der Waals surface area contributed by atoms with E-state index in [0.717, 1.165) is 26.1 Å². The van der Waals surface area contributed by atoms with Crippen molar-refractivity contribution in [2.24, 2.45) is 5.92 Å². The molecular weight excluding hydrogens is 248 g/mol. The average molecular weight is 264 g/mol. The Balaban J connectivity index is 1.85. The third-order valence-electron chi connectivity index (χ3n) is 3.06. The quantitative estimate of drug-likeness (QED) is 0.826. The molecule has 1 atom stereocenters. The second kappa shape index (κ2) is 6.29. The lowest BCUT2D eigenvalue weighted by Gasteiger charge is -2.08. The van der Waals surface area contributed by atoms with Crippen LogP contribution in [0.15, 0.2) is 18.2 Å². The van der Waals surface area contributed by atoms with Crippen molar-refractivity contribution in [2.45, 2.75) is 12.8 Å². The summed E-state index contributed by atoms with van der Waals surface area (Å²) in [4.78, 5) is 26.3. The Labute approximate surface area is 110 Å². The van der Waals surface area contributed by atoms with Crippen LogP contribution in [0.4, 0.5) is 0 Å². The highest BCUT2D eigenvalue weighted by Gasteiger charge is 2.16. The normalized spacial score (nSPS) is 18.2. The molecule has 2 heterocycles. The topological polar surface area (TPSA) is 88.5 Å².